The van der Waals surface area contributed by atoms with Crippen molar-refractivity contribution in [2.45, 2.75) is 12.2 Å². The molecule has 5 heteroatoms. The predicted molar refractivity (Wildman–Crippen MR) is 61.9 cm³/mol. The molecule has 0 aromatic heterocycles. The molecule has 0 aliphatic rings. The van der Waals surface area contributed by atoms with Crippen LogP contribution < -0.4 is 5.73 Å². The fourth-order valence-corrected chi connectivity index (χ4v) is 2.03. The van der Waals surface area contributed by atoms with Crippen LogP contribution in [0.3, 0.4) is 0 Å². The van der Waals surface area contributed by atoms with Crippen LogP contribution in [0.15, 0.2) is 36.4 Å². The molecule has 2 N–H and O–H groups in total. The molecule has 0 spiro atoms. The van der Waals surface area contributed by atoms with Crippen molar-refractivity contribution in [3.05, 3.63) is 47.0 Å². The Balaban J connectivity index is 2.71. The largest absolute Gasteiger partial charge is 0.407 e. The molecule has 1 atom stereocenters. The average molecular weight is 260 g/mol. The Labute approximate surface area is 101 Å². The first kappa shape index (κ1) is 12.2. The van der Waals surface area contributed by atoms with Crippen LogP contribution in [0.4, 0.5) is 13.2 Å². The lowest BCUT2D eigenvalue weighted by Crippen LogP contribution is -2.28. The fourth-order valence-electron chi connectivity index (χ4n) is 1.75. The van der Waals surface area contributed by atoms with Gasteiger partial charge in [-0.2, -0.15) is 13.2 Å². The van der Waals surface area contributed by atoms with Crippen molar-refractivity contribution in [1.82, 2.24) is 0 Å². The van der Waals surface area contributed by atoms with Crippen molar-refractivity contribution in [3.63, 3.8) is 0 Å². The summed E-state index contributed by atoms with van der Waals surface area (Å²) in [6, 6.07) is 7.75. The van der Waals surface area contributed by atoms with Gasteiger partial charge in [-0.05, 0) is 16.8 Å². The highest BCUT2D eigenvalue weighted by molar-refractivity contribution is 6.32. The number of rotatable bonds is 1. The minimum Gasteiger partial charge on any atom is -0.316 e. The van der Waals surface area contributed by atoms with Crippen molar-refractivity contribution in [3.8, 4) is 0 Å². The molecule has 2 aromatic rings. The van der Waals surface area contributed by atoms with E-state index in [9.17, 15) is 13.2 Å². The number of hydrogen-bond donors (Lipinski definition) is 1. The molecule has 2 rings (SSSR count). The molecule has 0 amide bonds. The number of hydrogen-bond acceptors (Lipinski definition) is 1. The SMILES string of the molecule is N[C@@H](c1c(Cl)ccc2ccccc12)C(F)(F)F. The van der Waals surface area contributed by atoms with Crippen LogP contribution in [0, 0.1) is 0 Å². The van der Waals surface area contributed by atoms with Gasteiger partial charge in [0.05, 0.1) is 0 Å². The van der Waals surface area contributed by atoms with Crippen molar-refractivity contribution in [1.29, 1.82) is 0 Å². The maximum absolute atomic E-state index is 12.7. The molecule has 2 aromatic carbocycles. The van der Waals surface area contributed by atoms with Gasteiger partial charge in [0.1, 0.15) is 6.04 Å². The number of benzene rings is 2. The van der Waals surface area contributed by atoms with Crippen LogP contribution in [0.2, 0.25) is 5.02 Å². The fraction of sp³-hybridized carbons (Fsp3) is 0.167. The van der Waals surface area contributed by atoms with E-state index in [1.165, 1.54) is 6.07 Å². The minimum atomic E-state index is -4.51. The maximum Gasteiger partial charge on any atom is 0.407 e. The lowest BCUT2D eigenvalue weighted by Gasteiger charge is -2.19. The Kier molecular flexibility index (Phi) is 3.02. The van der Waals surface area contributed by atoms with Crippen molar-refractivity contribution in [2.24, 2.45) is 5.73 Å². The summed E-state index contributed by atoms with van der Waals surface area (Å²) in [5.41, 5.74) is 5.16. The molecule has 0 saturated carbocycles. The minimum absolute atomic E-state index is 0.0357. The highest BCUT2D eigenvalue weighted by Crippen LogP contribution is 2.38. The number of halogens is 4. The number of nitrogens with two attached hydrogens (primary N) is 1. The molecule has 0 radical (unpaired) electrons. The van der Waals surface area contributed by atoms with Gasteiger partial charge in [0.25, 0.3) is 0 Å². The van der Waals surface area contributed by atoms with E-state index in [1.807, 2.05) is 0 Å². The summed E-state index contributed by atoms with van der Waals surface area (Å²) in [5, 5.41) is 1.16. The number of fused-ring (bicyclic) bond motifs is 1. The molecule has 0 fully saturated rings. The summed E-state index contributed by atoms with van der Waals surface area (Å²) in [5.74, 6) is 0. The molecule has 1 nitrogen and oxygen atoms in total. The van der Waals surface area contributed by atoms with E-state index in [4.69, 9.17) is 17.3 Å². The zero-order valence-electron chi connectivity index (χ0n) is 8.63. The normalized spacial score (nSPS) is 13.9. The first-order valence-electron chi connectivity index (χ1n) is 4.90. The van der Waals surface area contributed by atoms with E-state index in [0.717, 1.165) is 0 Å². The molecule has 0 heterocycles. The van der Waals surface area contributed by atoms with Crippen molar-refractivity contribution in [2.75, 3.05) is 0 Å². The monoisotopic (exact) mass is 259 g/mol. The van der Waals surface area contributed by atoms with E-state index in [1.54, 1.807) is 30.3 Å². The standard InChI is InChI=1S/C12H9ClF3N/c13-9-6-5-7-3-1-2-4-8(7)10(9)11(17)12(14,15)16/h1-6,11H,17H2/t11-/m0/s1. The van der Waals surface area contributed by atoms with Gasteiger partial charge < -0.3 is 5.73 Å². The highest BCUT2D eigenvalue weighted by atomic mass is 35.5. The van der Waals surface area contributed by atoms with Crippen molar-refractivity contribution < 1.29 is 13.2 Å². The van der Waals surface area contributed by atoms with Crippen LogP contribution in [-0.2, 0) is 0 Å². The first-order chi connectivity index (χ1) is 7.91. The van der Waals surface area contributed by atoms with Gasteiger partial charge in [0.2, 0.25) is 0 Å². The topological polar surface area (TPSA) is 26.0 Å². The van der Waals surface area contributed by atoms with E-state index >= 15 is 0 Å². The summed E-state index contributed by atoms with van der Waals surface area (Å²) in [7, 11) is 0. The molecule has 0 aliphatic carbocycles. The van der Waals surface area contributed by atoms with Crippen LogP contribution in [0.1, 0.15) is 11.6 Å². The second-order valence-electron chi connectivity index (χ2n) is 3.70. The van der Waals surface area contributed by atoms with Gasteiger partial charge in [-0.15, -0.1) is 0 Å². The molecule has 0 saturated heterocycles. The Morgan fingerprint density at radius 3 is 2.35 bits per heavy atom. The molecule has 0 unspecified atom stereocenters. The molecular weight excluding hydrogens is 251 g/mol. The second kappa shape index (κ2) is 4.20. The smallest absolute Gasteiger partial charge is 0.316 e. The van der Waals surface area contributed by atoms with E-state index in [2.05, 4.69) is 0 Å². The summed E-state index contributed by atoms with van der Waals surface area (Å²) in [4.78, 5) is 0. The molecule has 90 valence electrons. The van der Waals surface area contributed by atoms with E-state index in [-0.39, 0.29) is 10.6 Å². The average Bonchev–Trinajstić information content (AvgIpc) is 2.27. The van der Waals surface area contributed by atoms with Crippen LogP contribution in [0.5, 0.6) is 0 Å². The van der Waals surface area contributed by atoms with E-state index in [0.29, 0.717) is 10.8 Å². The van der Waals surface area contributed by atoms with Gasteiger partial charge in [-0.3, -0.25) is 0 Å². The van der Waals surface area contributed by atoms with Crippen LogP contribution in [0.25, 0.3) is 10.8 Å². The maximum atomic E-state index is 12.7. The molecule has 17 heavy (non-hydrogen) atoms. The molecular formula is C12H9ClF3N. The third-order valence-electron chi connectivity index (χ3n) is 2.58. The lowest BCUT2D eigenvalue weighted by atomic mass is 9.99. The molecule has 0 aliphatic heterocycles. The molecule has 0 bridgehead atoms. The van der Waals surface area contributed by atoms with Crippen LogP contribution in [-0.4, -0.2) is 6.18 Å². The summed E-state index contributed by atoms with van der Waals surface area (Å²) in [6.45, 7) is 0. The Hall–Kier alpha value is -1.26. The zero-order chi connectivity index (χ0) is 12.6. The van der Waals surface area contributed by atoms with Gasteiger partial charge in [0.15, 0.2) is 0 Å². The third-order valence-corrected chi connectivity index (χ3v) is 2.91. The van der Waals surface area contributed by atoms with E-state index < -0.39 is 12.2 Å². The number of alkyl halides is 3. The Morgan fingerprint density at radius 1 is 1.06 bits per heavy atom. The van der Waals surface area contributed by atoms with Crippen LogP contribution >= 0.6 is 11.6 Å². The van der Waals surface area contributed by atoms with Gasteiger partial charge in [-0.1, -0.05) is 41.9 Å². The summed E-state index contributed by atoms with van der Waals surface area (Å²) >= 11 is 5.82. The third kappa shape index (κ3) is 2.23. The second-order valence-corrected chi connectivity index (χ2v) is 4.11. The van der Waals surface area contributed by atoms with Gasteiger partial charge in [-0.25, -0.2) is 0 Å². The van der Waals surface area contributed by atoms with Gasteiger partial charge >= 0.3 is 6.18 Å². The summed E-state index contributed by atoms with van der Waals surface area (Å²) in [6.07, 6.45) is -4.51. The zero-order valence-corrected chi connectivity index (χ0v) is 9.39. The first-order valence-corrected chi connectivity index (χ1v) is 5.28. The van der Waals surface area contributed by atoms with Gasteiger partial charge in [0, 0.05) is 10.6 Å². The predicted octanol–water partition coefficient (Wildman–Crippen LogP) is 4.06. The van der Waals surface area contributed by atoms with Crippen molar-refractivity contribution >= 4 is 22.4 Å². The summed E-state index contributed by atoms with van der Waals surface area (Å²) < 4.78 is 38.0. The highest BCUT2D eigenvalue weighted by Gasteiger charge is 2.39. The Morgan fingerprint density at radius 2 is 1.71 bits per heavy atom. The lowest BCUT2D eigenvalue weighted by molar-refractivity contribution is -0.148. The quantitative estimate of drug-likeness (QED) is 0.821. The Bertz CT molecular complexity index is 551.